The summed E-state index contributed by atoms with van der Waals surface area (Å²) in [4.78, 5) is 22.0. The third-order valence-corrected chi connectivity index (χ3v) is 4.25. The number of carboxylic acids is 1. The van der Waals surface area contributed by atoms with Crippen LogP contribution in [0.15, 0.2) is 23.1 Å². The number of nitrogens with one attached hydrogen (secondary N) is 1. The molecule has 0 heterocycles. The summed E-state index contributed by atoms with van der Waals surface area (Å²) in [5, 5.41) is 18.2. The first-order chi connectivity index (χ1) is 9.51. The Balaban J connectivity index is 3.24. The molecule has 8 nitrogen and oxygen atoms in total. The normalized spacial score (nSPS) is 12.0. The van der Waals surface area contributed by atoms with Crippen molar-refractivity contribution < 1.29 is 33.0 Å². The van der Waals surface area contributed by atoms with Gasteiger partial charge in [0.15, 0.2) is 0 Å². The number of aromatic hydroxyl groups is 1. The Bertz CT molecular complexity index is 679. The molecule has 0 radical (unpaired) electrons. The van der Waals surface area contributed by atoms with Crippen molar-refractivity contribution in [1.82, 2.24) is 4.72 Å². The molecule has 0 amide bonds. The molecule has 0 fully saturated rings. The fraction of sp³-hybridized carbons (Fsp3) is 0.333. The zero-order valence-electron chi connectivity index (χ0n) is 11.6. The minimum Gasteiger partial charge on any atom is -0.507 e. The van der Waals surface area contributed by atoms with Crippen LogP contribution >= 0.6 is 0 Å². The summed E-state index contributed by atoms with van der Waals surface area (Å²) in [7, 11) is -3.06. The number of hydrogen-bond donors (Lipinski definition) is 3. The lowest BCUT2D eigenvalue weighted by atomic mass is 10.1. The summed E-state index contributed by atoms with van der Waals surface area (Å²) in [6.07, 6.45) is 0. The van der Waals surface area contributed by atoms with Crippen LogP contribution in [0.2, 0.25) is 0 Å². The lowest BCUT2D eigenvalue weighted by Gasteiger charge is -2.22. The summed E-state index contributed by atoms with van der Waals surface area (Å²) in [5.41, 5.74) is -2.09. The van der Waals surface area contributed by atoms with Gasteiger partial charge in [-0.2, -0.15) is 4.72 Å². The van der Waals surface area contributed by atoms with Crippen molar-refractivity contribution in [3.63, 3.8) is 0 Å². The Kier molecular flexibility index (Phi) is 4.59. The van der Waals surface area contributed by atoms with Crippen molar-refractivity contribution in [2.75, 3.05) is 7.11 Å². The van der Waals surface area contributed by atoms with Gasteiger partial charge in [0.25, 0.3) is 0 Å². The molecule has 0 aliphatic rings. The third-order valence-electron chi connectivity index (χ3n) is 2.59. The second-order valence-electron chi connectivity index (χ2n) is 4.71. The second-order valence-corrected chi connectivity index (χ2v) is 6.39. The number of methoxy groups -OCH3 is 1. The molecule has 0 unspecified atom stereocenters. The summed E-state index contributed by atoms with van der Waals surface area (Å²) >= 11 is 0. The molecule has 116 valence electrons. The third kappa shape index (κ3) is 3.70. The number of carbonyl (C=O) groups is 2. The van der Waals surface area contributed by atoms with Crippen molar-refractivity contribution in [2.24, 2.45) is 0 Å². The van der Waals surface area contributed by atoms with Crippen LogP contribution in [0, 0.1) is 0 Å². The van der Waals surface area contributed by atoms with Crippen LogP contribution < -0.4 is 4.72 Å². The van der Waals surface area contributed by atoms with Crippen molar-refractivity contribution in [3.05, 3.63) is 23.8 Å². The van der Waals surface area contributed by atoms with Gasteiger partial charge in [-0.1, -0.05) is 0 Å². The maximum Gasteiger partial charge on any atom is 0.339 e. The number of aromatic carboxylic acids is 1. The highest BCUT2D eigenvalue weighted by molar-refractivity contribution is 7.89. The number of phenols is 1. The van der Waals surface area contributed by atoms with Crippen LogP contribution in [0.5, 0.6) is 5.75 Å². The minimum atomic E-state index is -4.17. The number of carboxylic acid groups (broad SMARTS) is 1. The predicted octanol–water partition coefficient (Wildman–Crippen LogP) is 0.320. The van der Waals surface area contributed by atoms with E-state index in [1.54, 1.807) is 0 Å². The number of hydrogen-bond acceptors (Lipinski definition) is 6. The number of sulfonamides is 1. The van der Waals surface area contributed by atoms with Crippen LogP contribution in [0.4, 0.5) is 0 Å². The van der Waals surface area contributed by atoms with Gasteiger partial charge in [-0.05, 0) is 32.0 Å². The highest BCUT2D eigenvalue weighted by atomic mass is 32.2. The van der Waals surface area contributed by atoms with E-state index in [2.05, 4.69) is 9.46 Å². The van der Waals surface area contributed by atoms with E-state index in [1.165, 1.54) is 13.8 Å². The lowest BCUT2D eigenvalue weighted by molar-refractivity contribution is -0.146. The number of esters is 1. The molecule has 0 atom stereocenters. The fourth-order valence-corrected chi connectivity index (χ4v) is 2.94. The SMILES string of the molecule is COC(=O)C(C)(C)NS(=O)(=O)c1ccc(O)c(C(=O)O)c1. The van der Waals surface area contributed by atoms with E-state index in [-0.39, 0.29) is 0 Å². The van der Waals surface area contributed by atoms with Crippen molar-refractivity contribution in [1.29, 1.82) is 0 Å². The van der Waals surface area contributed by atoms with E-state index < -0.39 is 43.7 Å². The first-order valence-electron chi connectivity index (χ1n) is 5.70. The van der Waals surface area contributed by atoms with E-state index in [9.17, 15) is 23.1 Å². The first-order valence-corrected chi connectivity index (χ1v) is 7.18. The van der Waals surface area contributed by atoms with E-state index in [4.69, 9.17) is 5.11 Å². The molecule has 0 aliphatic heterocycles. The van der Waals surface area contributed by atoms with Crippen LogP contribution in [0.3, 0.4) is 0 Å². The van der Waals surface area contributed by atoms with E-state index >= 15 is 0 Å². The number of benzene rings is 1. The predicted molar refractivity (Wildman–Crippen MR) is 71.5 cm³/mol. The van der Waals surface area contributed by atoms with Gasteiger partial charge in [0.2, 0.25) is 10.0 Å². The molecule has 0 aliphatic carbocycles. The monoisotopic (exact) mass is 317 g/mol. The molecule has 1 aromatic rings. The van der Waals surface area contributed by atoms with Crippen molar-refractivity contribution in [3.8, 4) is 5.75 Å². The van der Waals surface area contributed by atoms with Crippen LogP contribution in [0.25, 0.3) is 0 Å². The van der Waals surface area contributed by atoms with Crippen LogP contribution in [0.1, 0.15) is 24.2 Å². The Morgan fingerprint density at radius 1 is 1.29 bits per heavy atom. The molecule has 21 heavy (non-hydrogen) atoms. The zero-order valence-corrected chi connectivity index (χ0v) is 12.4. The van der Waals surface area contributed by atoms with Crippen molar-refractivity contribution >= 4 is 22.0 Å². The van der Waals surface area contributed by atoms with Gasteiger partial charge in [0.1, 0.15) is 16.9 Å². The summed E-state index contributed by atoms with van der Waals surface area (Å²) in [6, 6.07) is 2.77. The quantitative estimate of drug-likeness (QED) is 0.667. The Morgan fingerprint density at radius 2 is 1.86 bits per heavy atom. The Labute approximate surface area is 121 Å². The zero-order chi connectivity index (χ0) is 16.4. The minimum absolute atomic E-state index is 0.394. The number of carbonyl (C=O) groups excluding carboxylic acids is 1. The summed E-state index contributed by atoms with van der Waals surface area (Å²) in [6.45, 7) is 2.60. The van der Waals surface area contributed by atoms with Gasteiger partial charge in [-0.25, -0.2) is 13.2 Å². The van der Waals surface area contributed by atoms with Crippen LogP contribution in [-0.4, -0.2) is 43.2 Å². The number of ether oxygens (including phenoxy) is 1. The molecule has 0 aromatic heterocycles. The summed E-state index contributed by atoms with van der Waals surface area (Å²) in [5.74, 6) is -2.84. The first kappa shape index (κ1) is 16.9. The average molecular weight is 317 g/mol. The maximum atomic E-state index is 12.2. The van der Waals surface area contributed by atoms with E-state index in [0.717, 1.165) is 25.3 Å². The van der Waals surface area contributed by atoms with Crippen LogP contribution in [-0.2, 0) is 19.6 Å². The molecule has 3 N–H and O–H groups in total. The molecule has 0 saturated heterocycles. The topological polar surface area (TPSA) is 130 Å². The molecule has 1 aromatic carbocycles. The largest absolute Gasteiger partial charge is 0.507 e. The molecular weight excluding hydrogens is 302 g/mol. The second kappa shape index (κ2) is 5.70. The molecule has 0 bridgehead atoms. The molecular formula is C12H15NO7S. The van der Waals surface area contributed by atoms with Crippen molar-refractivity contribution in [2.45, 2.75) is 24.3 Å². The average Bonchev–Trinajstić information content (AvgIpc) is 2.36. The van der Waals surface area contributed by atoms with E-state index in [1.807, 2.05) is 0 Å². The smallest absolute Gasteiger partial charge is 0.339 e. The highest BCUT2D eigenvalue weighted by Crippen LogP contribution is 2.22. The highest BCUT2D eigenvalue weighted by Gasteiger charge is 2.34. The van der Waals surface area contributed by atoms with Gasteiger partial charge in [0.05, 0.1) is 12.0 Å². The molecule has 9 heteroatoms. The van der Waals surface area contributed by atoms with E-state index in [0.29, 0.717) is 0 Å². The molecule has 1 rings (SSSR count). The number of rotatable bonds is 5. The Morgan fingerprint density at radius 3 is 2.33 bits per heavy atom. The molecule has 0 saturated carbocycles. The van der Waals surface area contributed by atoms with Gasteiger partial charge in [-0.3, -0.25) is 4.79 Å². The lowest BCUT2D eigenvalue weighted by Crippen LogP contribution is -2.50. The Hall–Kier alpha value is -2.13. The van der Waals surface area contributed by atoms with Gasteiger partial charge < -0.3 is 14.9 Å². The standard InChI is InChI=1S/C12H15NO7S/c1-12(2,11(17)20-3)13-21(18,19)7-4-5-9(14)8(6-7)10(15)16/h4-6,13-14H,1-3H3,(H,15,16). The van der Waals surface area contributed by atoms with Gasteiger partial charge in [0, 0.05) is 0 Å². The molecule has 0 spiro atoms. The summed E-state index contributed by atoms with van der Waals surface area (Å²) < 4.78 is 30.9. The fourth-order valence-electron chi connectivity index (χ4n) is 1.55. The maximum absolute atomic E-state index is 12.2. The van der Waals surface area contributed by atoms with Gasteiger partial charge >= 0.3 is 11.9 Å². The van der Waals surface area contributed by atoms with Gasteiger partial charge in [-0.15, -0.1) is 0 Å².